The molecule has 1 heterocycles. The van der Waals surface area contributed by atoms with Crippen LogP contribution in [0, 0.1) is 0 Å². The van der Waals surface area contributed by atoms with E-state index < -0.39 is 6.10 Å². The second-order valence-corrected chi connectivity index (χ2v) is 6.81. The molecule has 0 saturated carbocycles. The molecule has 134 valence electrons. The fourth-order valence-electron chi connectivity index (χ4n) is 3.41. The third-order valence-electron chi connectivity index (χ3n) is 4.92. The van der Waals surface area contributed by atoms with Crippen molar-refractivity contribution < 1.29 is 19.1 Å². The zero-order chi connectivity index (χ0) is 18.1. The van der Waals surface area contributed by atoms with E-state index in [1.165, 1.54) is 24.0 Å². The molecular formula is C21H21NO4. The third kappa shape index (κ3) is 3.29. The minimum absolute atomic E-state index is 0.0389. The van der Waals surface area contributed by atoms with Crippen LogP contribution in [0.4, 0.5) is 5.69 Å². The number of Topliss-reactive ketones (excluding diaryl/α,β-unsaturated/α-hetero) is 1. The van der Waals surface area contributed by atoms with Gasteiger partial charge in [-0.1, -0.05) is 6.07 Å². The Balaban J connectivity index is 1.44. The molecule has 5 heteroatoms. The number of nitrogens with one attached hydrogen (secondary N) is 1. The standard InChI is InChI=1S/C21H21NO4/c1-13-21(24)22-18-11-16(7-9-20(18)26-13)19(23)12-25-17-8-6-14-4-2-3-5-15(14)10-17/h6-11,13H,2-5,12H2,1H3,(H,22,24). The quantitative estimate of drug-likeness (QED) is 0.856. The van der Waals surface area contributed by atoms with Crippen LogP contribution in [-0.2, 0) is 17.6 Å². The number of carbonyl (C=O) groups is 2. The number of rotatable bonds is 4. The summed E-state index contributed by atoms with van der Waals surface area (Å²) in [6, 6.07) is 11.1. The number of anilines is 1. The molecule has 1 N–H and O–H groups in total. The van der Waals surface area contributed by atoms with Crippen LogP contribution in [0.25, 0.3) is 0 Å². The van der Waals surface area contributed by atoms with E-state index in [4.69, 9.17) is 9.47 Å². The zero-order valence-corrected chi connectivity index (χ0v) is 14.7. The van der Waals surface area contributed by atoms with Crippen molar-refractivity contribution in [2.75, 3.05) is 11.9 Å². The number of benzene rings is 2. The smallest absolute Gasteiger partial charge is 0.265 e. The average Bonchev–Trinajstić information content (AvgIpc) is 2.66. The molecule has 1 atom stereocenters. The first-order valence-corrected chi connectivity index (χ1v) is 8.99. The van der Waals surface area contributed by atoms with Crippen molar-refractivity contribution in [2.24, 2.45) is 0 Å². The lowest BCUT2D eigenvalue weighted by atomic mass is 9.92. The summed E-state index contributed by atoms with van der Waals surface area (Å²) in [4.78, 5) is 24.2. The molecule has 0 radical (unpaired) electrons. The lowest BCUT2D eigenvalue weighted by molar-refractivity contribution is -0.122. The van der Waals surface area contributed by atoms with Crippen LogP contribution >= 0.6 is 0 Å². The Bertz CT molecular complexity index is 874. The van der Waals surface area contributed by atoms with Crippen LogP contribution in [-0.4, -0.2) is 24.4 Å². The SMILES string of the molecule is CC1Oc2ccc(C(=O)COc3ccc4c(c3)CCCC4)cc2NC1=O. The minimum atomic E-state index is -0.531. The summed E-state index contributed by atoms with van der Waals surface area (Å²) in [5.74, 6) is 0.942. The number of carbonyl (C=O) groups excluding carboxylic acids is 2. The highest BCUT2D eigenvalue weighted by Crippen LogP contribution is 2.31. The lowest BCUT2D eigenvalue weighted by Crippen LogP contribution is -2.34. The fourth-order valence-corrected chi connectivity index (χ4v) is 3.41. The molecule has 1 aliphatic carbocycles. The molecule has 0 saturated heterocycles. The number of hydrogen-bond donors (Lipinski definition) is 1. The molecule has 0 fully saturated rings. The van der Waals surface area contributed by atoms with Gasteiger partial charge in [0.15, 0.2) is 18.5 Å². The van der Waals surface area contributed by atoms with E-state index in [-0.39, 0.29) is 18.3 Å². The van der Waals surface area contributed by atoms with Gasteiger partial charge in [-0.3, -0.25) is 9.59 Å². The van der Waals surface area contributed by atoms with Gasteiger partial charge in [0.1, 0.15) is 11.5 Å². The molecule has 0 bridgehead atoms. The van der Waals surface area contributed by atoms with Crippen molar-refractivity contribution in [2.45, 2.75) is 38.7 Å². The zero-order valence-electron chi connectivity index (χ0n) is 14.7. The molecule has 0 spiro atoms. The predicted octanol–water partition coefficient (Wildman–Crippen LogP) is 3.55. The van der Waals surface area contributed by atoms with E-state index in [2.05, 4.69) is 11.4 Å². The Kier molecular flexibility index (Phi) is 4.37. The minimum Gasteiger partial charge on any atom is -0.485 e. The maximum Gasteiger partial charge on any atom is 0.265 e. The van der Waals surface area contributed by atoms with E-state index in [1.807, 2.05) is 12.1 Å². The summed E-state index contributed by atoms with van der Waals surface area (Å²) in [6.07, 6.45) is 4.11. The van der Waals surface area contributed by atoms with Gasteiger partial charge in [-0.2, -0.15) is 0 Å². The maximum atomic E-state index is 12.5. The van der Waals surface area contributed by atoms with Crippen molar-refractivity contribution in [1.82, 2.24) is 0 Å². The van der Waals surface area contributed by atoms with Gasteiger partial charge >= 0.3 is 0 Å². The number of fused-ring (bicyclic) bond motifs is 2. The number of amides is 1. The molecule has 5 nitrogen and oxygen atoms in total. The van der Waals surface area contributed by atoms with Crippen LogP contribution in [0.15, 0.2) is 36.4 Å². The molecule has 2 aliphatic rings. The second-order valence-electron chi connectivity index (χ2n) is 6.81. The Morgan fingerprint density at radius 2 is 1.96 bits per heavy atom. The highest BCUT2D eigenvalue weighted by atomic mass is 16.5. The summed E-state index contributed by atoms with van der Waals surface area (Å²) in [5, 5.41) is 2.76. The first-order valence-electron chi connectivity index (χ1n) is 8.99. The van der Waals surface area contributed by atoms with E-state index in [0.29, 0.717) is 17.0 Å². The topological polar surface area (TPSA) is 64.6 Å². The Hall–Kier alpha value is -2.82. The summed E-state index contributed by atoms with van der Waals surface area (Å²) in [5.41, 5.74) is 3.71. The van der Waals surface area contributed by atoms with Crippen molar-refractivity contribution in [3.63, 3.8) is 0 Å². The fraction of sp³-hybridized carbons (Fsp3) is 0.333. The van der Waals surface area contributed by atoms with Crippen LogP contribution in [0.3, 0.4) is 0 Å². The number of ether oxygens (including phenoxy) is 2. The molecule has 2 aromatic carbocycles. The molecule has 26 heavy (non-hydrogen) atoms. The maximum absolute atomic E-state index is 12.5. The molecular weight excluding hydrogens is 330 g/mol. The first kappa shape index (κ1) is 16.6. The van der Waals surface area contributed by atoms with E-state index in [1.54, 1.807) is 25.1 Å². The van der Waals surface area contributed by atoms with Crippen LogP contribution in [0.1, 0.15) is 41.3 Å². The second kappa shape index (κ2) is 6.83. The number of hydrogen-bond acceptors (Lipinski definition) is 4. The van der Waals surface area contributed by atoms with Crippen molar-refractivity contribution in [1.29, 1.82) is 0 Å². The van der Waals surface area contributed by atoms with Gasteiger partial charge in [0, 0.05) is 5.56 Å². The van der Waals surface area contributed by atoms with Gasteiger partial charge in [0.25, 0.3) is 5.91 Å². The normalized spacial score (nSPS) is 18.2. The van der Waals surface area contributed by atoms with Crippen molar-refractivity contribution in [3.05, 3.63) is 53.1 Å². The molecule has 0 aromatic heterocycles. The molecule has 1 aliphatic heterocycles. The van der Waals surface area contributed by atoms with Gasteiger partial charge in [-0.15, -0.1) is 0 Å². The predicted molar refractivity (Wildman–Crippen MR) is 98.1 cm³/mol. The van der Waals surface area contributed by atoms with Gasteiger partial charge < -0.3 is 14.8 Å². The monoisotopic (exact) mass is 351 g/mol. The summed E-state index contributed by atoms with van der Waals surface area (Å²) in [7, 11) is 0. The summed E-state index contributed by atoms with van der Waals surface area (Å²) >= 11 is 0. The Morgan fingerprint density at radius 1 is 1.15 bits per heavy atom. The van der Waals surface area contributed by atoms with Crippen LogP contribution in [0.5, 0.6) is 11.5 Å². The highest BCUT2D eigenvalue weighted by Gasteiger charge is 2.24. The van der Waals surface area contributed by atoms with Crippen LogP contribution in [0.2, 0.25) is 0 Å². The largest absolute Gasteiger partial charge is 0.485 e. The van der Waals surface area contributed by atoms with Gasteiger partial charge in [-0.05, 0) is 74.1 Å². The summed E-state index contributed by atoms with van der Waals surface area (Å²) in [6.45, 7) is 1.65. The van der Waals surface area contributed by atoms with Gasteiger partial charge in [0.2, 0.25) is 0 Å². The Morgan fingerprint density at radius 3 is 2.81 bits per heavy atom. The molecule has 2 aromatic rings. The average molecular weight is 351 g/mol. The third-order valence-corrected chi connectivity index (χ3v) is 4.92. The molecule has 1 amide bonds. The molecule has 1 unspecified atom stereocenters. The van der Waals surface area contributed by atoms with E-state index >= 15 is 0 Å². The van der Waals surface area contributed by atoms with E-state index in [9.17, 15) is 9.59 Å². The lowest BCUT2D eigenvalue weighted by Gasteiger charge is -2.23. The summed E-state index contributed by atoms with van der Waals surface area (Å²) < 4.78 is 11.2. The molecule has 4 rings (SSSR count). The van der Waals surface area contributed by atoms with Crippen molar-refractivity contribution >= 4 is 17.4 Å². The first-order chi connectivity index (χ1) is 12.6. The Labute approximate surface area is 152 Å². The number of ketones is 1. The van der Waals surface area contributed by atoms with Crippen LogP contribution < -0.4 is 14.8 Å². The van der Waals surface area contributed by atoms with E-state index in [0.717, 1.165) is 18.6 Å². The van der Waals surface area contributed by atoms with Crippen molar-refractivity contribution in [3.8, 4) is 11.5 Å². The van der Waals surface area contributed by atoms with Gasteiger partial charge in [-0.25, -0.2) is 0 Å². The van der Waals surface area contributed by atoms with Gasteiger partial charge in [0.05, 0.1) is 5.69 Å². The number of aryl methyl sites for hydroxylation is 2. The highest BCUT2D eigenvalue weighted by molar-refractivity contribution is 6.02.